The van der Waals surface area contributed by atoms with E-state index in [-0.39, 0.29) is 11.6 Å². The number of nitrogens with two attached hydrogens (primary N) is 1. The molecule has 2 aromatic carbocycles. The van der Waals surface area contributed by atoms with Crippen molar-refractivity contribution < 1.29 is 14.3 Å². The Kier molecular flexibility index (Phi) is 4.70. The van der Waals surface area contributed by atoms with Gasteiger partial charge < -0.3 is 20.5 Å². The third-order valence-electron chi connectivity index (χ3n) is 2.90. The molecular weight excluding hydrogens is 336 g/mol. The predicted molar refractivity (Wildman–Crippen MR) is 86.1 cm³/mol. The summed E-state index contributed by atoms with van der Waals surface area (Å²) in [5.41, 5.74) is 7.18. The number of amides is 1. The fourth-order valence-corrected chi connectivity index (χ4v) is 2.24. The molecule has 3 N–H and O–H groups in total. The van der Waals surface area contributed by atoms with Crippen molar-refractivity contribution >= 4 is 33.2 Å². The zero-order valence-electron chi connectivity index (χ0n) is 11.6. The Hall–Kier alpha value is -2.21. The SMILES string of the molecule is COc1cc(OC)c(N)c(C(=O)Nc2cccc(Br)c2)c1. The van der Waals surface area contributed by atoms with Crippen molar-refractivity contribution in [3.8, 4) is 11.5 Å². The van der Waals surface area contributed by atoms with Crippen molar-refractivity contribution in [3.05, 3.63) is 46.4 Å². The molecule has 0 radical (unpaired) electrons. The molecule has 0 aromatic heterocycles. The minimum atomic E-state index is -0.331. The number of nitrogens with one attached hydrogen (secondary N) is 1. The van der Waals surface area contributed by atoms with Gasteiger partial charge in [0.1, 0.15) is 11.5 Å². The summed E-state index contributed by atoms with van der Waals surface area (Å²) in [4.78, 5) is 12.4. The van der Waals surface area contributed by atoms with Crippen LogP contribution in [0, 0.1) is 0 Å². The molecule has 0 aliphatic heterocycles. The highest BCUT2D eigenvalue weighted by Gasteiger charge is 2.16. The summed E-state index contributed by atoms with van der Waals surface area (Å²) < 4.78 is 11.2. The van der Waals surface area contributed by atoms with E-state index in [0.29, 0.717) is 22.7 Å². The number of hydrogen-bond acceptors (Lipinski definition) is 4. The molecule has 110 valence electrons. The highest BCUT2D eigenvalue weighted by molar-refractivity contribution is 9.10. The summed E-state index contributed by atoms with van der Waals surface area (Å²) in [7, 11) is 3.00. The van der Waals surface area contributed by atoms with E-state index in [1.807, 2.05) is 12.1 Å². The number of anilines is 2. The Balaban J connectivity index is 2.34. The number of carbonyl (C=O) groups is 1. The van der Waals surface area contributed by atoms with Crippen molar-refractivity contribution in [2.75, 3.05) is 25.3 Å². The lowest BCUT2D eigenvalue weighted by molar-refractivity contribution is 0.102. The Bertz CT molecular complexity index is 674. The summed E-state index contributed by atoms with van der Waals surface area (Å²) in [6, 6.07) is 10.5. The maximum atomic E-state index is 12.4. The quantitative estimate of drug-likeness (QED) is 0.829. The van der Waals surface area contributed by atoms with Gasteiger partial charge in [-0.05, 0) is 24.3 Å². The van der Waals surface area contributed by atoms with Crippen LogP contribution in [0.15, 0.2) is 40.9 Å². The topological polar surface area (TPSA) is 73.6 Å². The molecule has 0 bridgehead atoms. The first kappa shape index (κ1) is 15.2. The van der Waals surface area contributed by atoms with Crippen LogP contribution in [0.25, 0.3) is 0 Å². The molecule has 0 atom stereocenters. The zero-order chi connectivity index (χ0) is 15.4. The van der Waals surface area contributed by atoms with E-state index >= 15 is 0 Å². The Morgan fingerprint density at radius 2 is 1.95 bits per heavy atom. The second-order valence-electron chi connectivity index (χ2n) is 4.26. The average molecular weight is 351 g/mol. The summed E-state index contributed by atoms with van der Waals surface area (Å²) in [5.74, 6) is 0.567. The van der Waals surface area contributed by atoms with E-state index in [1.54, 1.807) is 24.3 Å². The van der Waals surface area contributed by atoms with Crippen LogP contribution in [0.5, 0.6) is 11.5 Å². The number of ether oxygens (including phenoxy) is 2. The average Bonchev–Trinajstić information content (AvgIpc) is 2.47. The van der Waals surface area contributed by atoms with Gasteiger partial charge >= 0.3 is 0 Å². The van der Waals surface area contributed by atoms with Crippen LogP contribution in [0.1, 0.15) is 10.4 Å². The molecule has 0 heterocycles. The molecule has 0 spiro atoms. The number of hydrogen-bond donors (Lipinski definition) is 2. The lowest BCUT2D eigenvalue weighted by Gasteiger charge is -2.13. The molecule has 2 aromatic rings. The lowest BCUT2D eigenvalue weighted by atomic mass is 10.1. The Morgan fingerprint density at radius 1 is 1.19 bits per heavy atom. The van der Waals surface area contributed by atoms with Gasteiger partial charge in [-0.2, -0.15) is 0 Å². The lowest BCUT2D eigenvalue weighted by Crippen LogP contribution is -2.14. The molecule has 0 unspecified atom stereocenters. The van der Waals surface area contributed by atoms with Gasteiger partial charge in [0.15, 0.2) is 0 Å². The first-order chi connectivity index (χ1) is 10.0. The van der Waals surface area contributed by atoms with Crippen molar-refractivity contribution in [2.45, 2.75) is 0 Å². The second kappa shape index (κ2) is 6.49. The van der Waals surface area contributed by atoms with E-state index in [2.05, 4.69) is 21.2 Å². The van der Waals surface area contributed by atoms with Crippen molar-refractivity contribution in [2.24, 2.45) is 0 Å². The fraction of sp³-hybridized carbons (Fsp3) is 0.133. The number of rotatable bonds is 4. The third kappa shape index (κ3) is 3.46. The van der Waals surface area contributed by atoms with Crippen molar-refractivity contribution in [1.29, 1.82) is 0 Å². The van der Waals surface area contributed by atoms with Gasteiger partial charge in [0.25, 0.3) is 5.91 Å². The molecule has 0 saturated carbocycles. The number of benzene rings is 2. The Morgan fingerprint density at radius 3 is 2.57 bits per heavy atom. The minimum absolute atomic E-state index is 0.269. The Labute approximate surface area is 131 Å². The zero-order valence-corrected chi connectivity index (χ0v) is 13.2. The third-order valence-corrected chi connectivity index (χ3v) is 3.39. The van der Waals surface area contributed by atoms with Crippen LogP contribution in [-0.2, 0) is 0 Å². The van der Waals surface area contributed by atoms with Crippen LogP contribution in [-0.4, -0.2) is 20.1 Å². The number of nitrogen functional groups attached to an aromatic ring is 1. The number of halogens is 1. The molecule has 0 fully saturated rings. The van der Waals surface area contributed by atoms with Crippen LogP contribution >= 0.6 is 15.9 Å². The van der Waals surface area contributed by atoms with E-state index in [0.717, 1.165) is 4.47 Å². The van der Waals surface area contributed by atoms with Gasteiger partial charge in [0.2, 0.25) is 0 Å². The normalized spacial score (nSPS) is 10.0. The molecule has 0 saturated heterocycles. The summed E-state index contributed by atoms with van der Waals surface area (Å²) in [6.07, 6.45) is 0. The molecule has 0 aliphatic carbocycles. The molecule has 6 heteroatoms. The fourth-order valence-electron chi connectivity index (χ4n) is 1.84. The molecule has 21 heavy (non-hydrogen) atoms. The molecule has 1 amide bonds. The highest BCUT2D eigenvalue weighted by atomic mass is 79.9. The van der Waals surface area contributed by atoms with Gasteiger partial charge in [-0.3, -0.25) is 4.79 Å². The minimum Gasteiger partial charge on any atom is -0.497 e. The number of carbonyl (C=O) groups excluding carboxylic acids is 1. The van der Waals surface area contributed by atoms with Crippen molar-refractivity contribution in [1.82, 2.24) is 0 Å². The van der Waals surface area contributed by atoms with Crippen LogP contribution in [0.4, 0.5) is 11.4 Å². The summed E-state index contributed by atoms with van der Waals surface area (Å²) >= 11 is 3.35. The van der Waals surface area contributed by atoms with E-state index in [4.69, 9.17) is 15.2 Å². The maximum Gasteiger partial charge on any atom is 0.258 e. The highest BCUT2D eigenvalue weighted by Crippen LogP contribution is 2.31. The first-order valence-electron chi connectivity index (χ1n) is 6.13. The molecule has 5 nitrogen and oxygen atoms in total. The van der Waals surface area contributed by atoms with E-state index < -0.39 is 0 Å². The van der Waals surface area contributed by atoms with Crippen LogP contribution in [0.2, 0.25) is 0 Å². The maximum absolute atomic E-state index is 12.4. The van der Waals surface area contributed by atoms with Gasteiger partial charge in [-0.25, -0.2) is 0 Å². The second-order valence-corrected chi connectivity index (χ2v) is 5.17. The van der Waals surface area contributed by atoms with Gasteiger partial charge in [0, 0.05) is 16.2 Å². The van der Waals surface area contributed by atoms with E-state index in [1.165, 1.54) is 14.2 Å². The molecule has 0 aliphatic rings. The standard InChI is InChI=1S/C15H15BrN2O3/c1-20-11-7-12(14(17)13(8-11)21-2)15(19)18-10-5-3-4-9(16)6-10/h3-8H,17H2,1-2H3,(H,18,19). The number of methoxy groups -OCH3 is 2. The van der Waals surface area contributed by atoms with E-state index in [9.17, 15) is 4.79 Å². The largest absolute Gasteiger partial charge is 0.497 e. The van der Waals surface area contributed by atoms with Crippen LogP contribution < -0.4 is 20.5 Å². The van der Waals surface area contributed by atoms with Gasteiger partial charge in [-0.15, -0.1) is 0 Å². The van der Waals surface area contributed by atoms with Gasteiger partial charge in [0.05, 0.1) is 25.5 Å². The summed E-state index contributed by atoms with van der Waals surface area (Å²) in [5, 5.41) is 2.78. The molecule has 2 rings (SSSR count). The smallest absolute Gasteiger partial charge is 0.258 e. The van der Waals surface area contributed by atoms with Crippen molar-refractivity contribution in [3.63, 3.8) is 0 Å². The first-order valence-corrected chi connectivity index (χ1v) is 6.93. The van der Waals surface area contributed by atoms with Crippen LogP contribution in [0.3, 0.4) is 0 Å². The molecular formula is C15H15BrN2O3. The van der Waals surface area contributed by atoms with Gasteiger partial charge in [-0.1, -0.05) is 22.0 Å². The summed E-state index contributed by atoms with van der Waals surface area (Å²) in [6.45, 7) is 0. The predicted octanol–water partition coefficient (Wildman–Crippen LogP) is 3.30. The monoisotopic (exact) mass is 350 g/mol.